The van der Waals surface area contributed by atoms with Gasteiger partial charge in [0.15, 0.2) is 5.17 Å². The maximum Gasteiger partial charge on any atom is 0.285 e. The summed E-state index contributed by atoms with van der Waals surface area (Å²) in [6, 6.07) is 14.7. The van der Waals surface area contributed by atoms with Crippen molar-refractivity contribution in [3.63, 3.8) is 0 Å². The summed E-state index contributed by atoms with van der Waals surface area (Å²) in [5, 5.41) is 7.60. The van der Waals surface area contributed by atoms with E-state index in [1.165, 1.54) is 0 Å². The lowest BCUT2D eigenvalue weighted by Crippen LogP contribution is -2.23. The highest BCUT2D eigenvalue weighted by Crippen LogP contribution is 2.23. The van der Waals surface area contributed by atoms with Crippen LogP contribution in [0.5, 0.6) is 11.5 Å². The van der Waals surface area contributed by atoms with Gasteiger partial charge < -0.3 is 24.8 Å². The quantitative estimate of drug-likeness (QED) is 0.676. The molecule has 0 radical (unpaired) electrons. The van der Waals surface area contributed by atoms with E-state index in [-0.39, 0.29) is 0 Å². The SMILES string of the molecule is COc1ccc(COc2ccccc2CNC2=NCCO2)cc1CNC1=NCCS1. The molecule has 0 aromatic heterocycles. The Morgan fingerprint density at radius 2 is 1.90 bits per heavy atom. The van der Waals surface area contributed by atoms with Crippen LogP contribution >= 0.6 is 11.8 Å². The molecule has 0 unspecified atom stereocenters. The molecule has 2 heterocycles. The summed E-state index contributed by atoms with van der Waals surface area (Å²) in [5.41, 5.74) is 3.22. The molecule has 4 rings (SSSR count). The standard InChI is InChI=1S/C22H26N4O3S/c1-27-19-7-6-16(12-18(19)14-26-22-24-9-11-30-22)15-29-20-5-3-2-4-17(20)13-25-21-23-8-10-28-21/h2-7,12H,8-11,13-15H2,1H3,(H,23,25)(H,24,26). The molecule has 0 bridgehead atoms. The van der Waals surface area contributed by atoms with Gasteiger partial charge in [-0.25, -0.2) is 4.99 Å². The Bertz CT molecular complexity index is 932. The maximum atomic E-state index is 6.14. The van der Waals surface area contributed by atoms with Gasteiger partial charge in [0, 0.05) is 30.0 Å². The second-order valence-electron chi connectivity index (χ2n) is 6.82. The topological polar surface area (TPSA) is 76.5 Å². The molecular weight excluding hydrogens is 400 g/mol. The van der Waals surface area contributed by atoms with Gasteiger partial charge in [-0.2, -0.15) is 0 Å². The zero-order valence-corrected chi connectivity index (χ0v) is 17.8. The molecule has 0 aliphatic carbocycles. The van der Waals surface area contributed by atoms with E-state index in [0.29, 0.717) is 38.9 Å². The molecule has 2 aromatic rings. The first-order valence-electron chi connectivity index (χ1n) is 10.0. The summed E-state index contributed by atoms with van der Waals surface area (Å²) in [6.07, 6.45) is 0. The molecule has 0 fully saturated rings. The van der Waals surface area contributed by atoms with E-state index >= 15 is 0 Å². The Labute approximate surface area is 180 Å². The van der Waals surface area contributed by atoms with Crippen molar-refractivity contribution in [2.24, 2.45) is 9.98 Å². The molecule has 2 N–H and O–H groups in total. The average molecular weight is 427 g/mol. The summed E-state index contributed by atoms with van der Waals surface area (Å²) in [5.74, 6) is 2.74. The van der Waals surface area contributed by atoms with Crippen LogP contribution in [0.25, 0.3) is 0 Å². The third-order valence-electron chi connectivity index (χ3n) is 4.74. The smallest absolute Gasteiger partial charge is 0.285 e. The lowest BCUT2D eigenvalue weighted by Gasteiger charge is -2.15. The summed E-state index contributed by atoms with van der Waals surface area (Å²) < 4.78 is 17.1. The van der Waals surface area contributed by atoms with Gasteiger partial charge in [0.1, 0.15) is 24.7 Å². The Balaban J connectivity index is 1.38. The van der Waals surface area contributed by atoms with Crippen LogP contribution in [0.1, 0.15) is 16.7 Å². The molecular formula is C22H26N4O3S. The number of rotatable bonds is 8. The molecule has 0 atom stereocenters. The minimum absolute atomic E-state index is 0.473. The largest absolute Gasteiger partial charge is 0.496 e. The van der Waals surface area contributed by atoms with Gasteiger partial charge in [0.05, 0.1) is 20.2 Å². The van der Waals surface area contributed by atoms with Crippen LogP contribution < -0.4 is 20.1 Å². The van der Waals surface area contributed by atoms with Crippen LogP contribution in [-0.2, 0) is 24.4 Å². The number of hydrogen-bond acceptors (Lipinski definition) is 8. The molecule has 7 nitrogen and oxygen atoms in total. The lowest BCUT2D eigenvalue weighted by molar-refractivity contribution is 0.301. The molecule has 30 heavy (non-hydrogen) atoms. The molecule has 0 saturated carbocycles. The van der Waals surface area contributed by atoms with Crippen LogP contribution in [0.4, 0.5) is 0 Å². The number of benzene rings is 2. The molecule has 2 aliphatic rings. The number of nitrogens with zero attached hydrogens (tertiary/aromatic N) is 2. The maximum absolute atomic E-state index is 6.14. The number of amidine groups is 2. The Morgan fingerprint density at radius 3 is 2.70 bits per heavy atom. The average Bonchev–Trinajstić information content (AvgIpc) is 3.49. The third-order valence-corrected chi connectivity index (χ3v) is 5.68. The fourth-order valence-corrected chi connectivity index (χ4v) is 3.97. The number of nitrogens with one attached hydrogen (secondary N) is 2. The Hall–Kier alpha value is -2.87. The van der Waals surface area contributed by atoms with Crippen LogP contribution in [0.2, 0.25) is 0 Å². The van der Waals surface area contributed by atoms with Gasteiger partial charge in [0.25, 0.3) is 6.02 Å². The van der Waals surface area contributed by atoms with Crippen molar-refractivity contribution in [2.45, 2.75) is 19.7 Å². The normalized spacial score (nSPS) is 15.2. The van der Waals surface area contributed by atoms with Crippen LogP contribution in [0.3, 0.4) is 0 Å². The van der Waals surface area contributed by atoms with E-state index in [0.717, 1.165) is 45.7 Å². The van der Waals surface area contributed by atoms with Crippen LogP contribution in [0, 0.1) is 0 Å². The highest BCUT2D eigenvalue weighted by Gasteiger charge is 2.11. The molecule has 2 aromatic carbocycles. The van der Waals surface area contributed by atoms with Crippen LogP contribution in [-0.4, -0.2) is 43.7 Å². The number of para-hydroxylation sites is 1. The predicted molar refractivity (Wildman–Crippen MR) is 120 cm³/mol. The van der Waals surface area contributed by atoms with Crippen molar-refractivity contribution in [1.29, 1.82) is 0 Å². The first-order chi connectivity index (χ1) is 14.8. The highest BCUT2D eigenvalue weighted by molar-refractivity contribution is 8.14. The number of methoxy groups -OCH3 is 1. The molecule has 8 heteroatoms. The van der Waals surface area contributed by atoms with Crippen molar-refractivity contribution < 1.29 is 14.2 Å². The Morgan fingerprint density at radius 1 is 1.00 bits per heavy atom. The van der Waals surface area contributed by atoms with Gasteiger partial charge >= 0.3 is 0 Å². The van der Waals surface area contributed by atoms with Gasteiger partial charge in [0.2, 0.25) is 0 Å². The molecule has 0 amide bonds. The zero-order valence-electron chi connectivity index (χ0n) is 17.0. The van der Waals surface area contributed by atoms with Gasteiger partial charge in [-0.05, 0) is 23.8 Å². The summed E-state index contributed by atoms with van der Waals surface area (Å²) in [4.78, 5) is 8.70. The fourth-order valence-electron chi connectivity index (χ4n) is 3.24. The lowest BCUT2D eigenvalue weighted by atomic mass is 10.1. The monoisotopic (exact) mass is 426 g/mol. The third kappa shape index (κ3) is 5.38. The van der Waals surface area contributed by atoms with Gasteiger partial charge in [-0.15, -0.1) is 0 Å². The van der Waals surface area contributed by atoms with Crippen molar-refractivity contribution in [3.05, 3.63) is 59.2 Å². The van der Waals surface area contributed by atoms with Crippen molar-refractivity contribution in [2.75, 3.05) is 32.6 Å². The second kappa shape index (κ2) is 10.2. The summed E-state index contributed by atoms with van der Waals surface area (Å²) >= 11 is 1.75. The number of hydrogen-bond donors (Lipinski definition) is 2. The van der Waals surface area contributed by atoms with E-state index in [1.807, 2.05) is 36.4 Å². The van der Waals surface area contributed by atoms with Crippen molar-refractivity contribution in [1.82, 2.24) is 10.6 Å². The van der Waals surface area contributed by atoms with E-state index in [9.17, 15) is 0 Å². The fraction of sp³-hybridized carbons (Fsp3) is 0.364. The highest BCUT2D eigenvalue weighted by atomic mass is 32.2. The van der Waals surface area contributed by atoms with Gasteiger partial charge in [-0.1, -0.05) is 36.0 Å². The summed E-state index contributed by atoms with van der Waals surface area (Å²) in [6.45, 7) is 3.98. The zero-order chi connectivity index (χ0) is 20.6. The van der Waals surface area contributed by atoms with Crippen LogP contribution in [0.15, 0.2) is 52.4 Å². The number of thioether (sulfide) groups is 1. The first kappa shape index (κ1) is 20.4. The van der Waals surface area contributed by atoms with Crippen molar-refractivity contribution >= 4 is 23.0 Å². The van der Waals surface area contributed by atoms with E-state index in [2.05, 4.69) is 26.7 Å². The molecule has 0 spiro atoms. The molecule has 2 aliphatic heterocycles. The summed E-state index contributed by atoms with van der Waals surface area (Å²) in [7, 11) is 1.69. The Kier molecular flexibility index (Phi) is 6.97. The first-order valence-corrected chi connectivity index (χ1v) is 11.0. The molecule has 158 valence electrons. The second-order valence-corrected chi connectivity index (χ2v) is 7.90. The minimum atomic E-state index is 0.473. The predicted octanol–water partition coefficient (Wildman–Crippen LogP) is 2.94. The van der Waals surface area contributed by atoms with E-state index in [1.54, 1.807) is 18.9 Å². The minimum Gasteiger partial charge on any atom is -0.496 e. The van der Waals surface area contributed by atoms with E-state index in [4.69, 9.17) is 14.2 Å². The van der Waals surface area contributed by atoms with E-state index < -0.39 is 0 Å². The van der Waals surface area contributed by atoms with Crippen molar-refractivity contribution in [3.8, 4) is 11.5 Å². The molecule has 0 saturated heterocycles. The van der Waals surface area contributed by atoms with Gasteiger partial charge in [-0.3, -0.25) is 4.99 Å². The number of aliphatic imine (C=N–C) groups is 2. The number of ether oxygens (including phenoxy) is 3.